The van der Waals surface area contributed by atoms with E-state index in [9.17, 15) is 4.79 Å². The summed E-state index contributed by atoms with van der Waals surface area (Å²) in [5, 5.41) is 4.32. The molecule has 0 bridgehead atoms. The summed E-state index contributed by atoms with van der Waals surface area (Å²) in [6, 6.07) is 9.45. The summed E-state index contributed by atoms with van der Waals surface area (Å²) in [6.45, 7) is 6.40. The zero-order chi connectivity index (χ0) is 16.3. The molecule has 2 aromatic rings. The van der Waals surface area contributed by atoms with Gasteiger partial charge in [-0.05, 0) is 50.6 Å². The minimum atomic E-state index is -0.712. The van der Waals surface area contributed by atoms with Crippen LogP contribution in [0.4, 0.5) is 0 Å². The number of benzene rings is 1. The lowest BCUT2D eigenvalue weighted by Crippen LogP contribution is -2.38. The van der Waals surface area contributed by atoms with E-state index in [4.69, 9.17) is 10.5 Å². The summed E-state index contributed by atoms with van der Waals surface area (Å²) < 4.78 is 6.91. The Morgan fingerprint density at radius 1 is 1.27 bits per heavy atom. The predicted octanol–water partition coefficient (Wildman–Crippen LogP) is 2.43. The van der Waals surface area contributed by atoms with Crippen molar-refractivity contribution in [1.29, 1.82) is 0 Å². The van der Waals surface area contributed by atoms with Crippen LogP contribution in [0, 0.1) is 0 Å². The molecule has 0 saturated heterocycles. The van der Waals surface area contributed by atoms with E-state index >= 15 is 0 Å². The largest absolute Gasteiger partial charge is 0.494 e. The van der Waals surface area contributed by atoms with Gasteiger partial charge in [0.05, 0.1) is 12.3 Å². The highest BCUT2D eigenvalue weighted by atomic mass is 16.5. The van der Waals surface area contributed by atoms with Gasteiger partial charge in [0.2, 0.25) is 0 Å². The Balaban J connectivity index is 2.41. The van der Waals surface area contributed by atoms with Gasteiger partial charge in [0.15, 0.2) is 0 Å². The average Bonchev–Trinajstić information content (AvgIpc) is 2.47. The Morgan fingerprint density at radius 3 is 2.45 bits per heavy atom. The molecule has 5 heteroatoms. The van der Waals surface area contributed by atoms with Crippen LogP contribution in [0.2, 0.25) is 0 Å². The molecule has 0 fully saturated rings. The molecular formula is C17H23N3O2. The molecule has 2 N–H and O–H groups in total. The van der Waals surface area contributed by atoms with Crippen molar-refractivity contribution in [2.24, 2.45) is 12.8 Å². The van der Waals surface area contributed by atoms with E-state index in [1.54, 1.807) is 13.1 Å². The first-order valence-electron chi connectivity index (χ1n) is 7.44. The molecule has 1 aromatic heterocycles. The molecule has 0 aliphatic carbocycles. The monoisotopic (exact) mass is 301 g/mol. The van der Waals surface area contributed by atoms with Crippen LogP contribution >= 0.6 is 0 Å². The van der Waals surface area contributed by atoms with E-state index < -0.39 is 5.54 Å². The topological polar surface area (TPSA) is 70.1 Å². The Labute approximate surface area is 130 Å². The summed E-state index contributed by atoms with van der Waals surface area (Å²) in [6.07, 6.45) is 0.971. The molecule has 0 saturated carbocycles. The first kappa shape index (κ1) is 16.2. The molecular weight excluding hydrogens is 278 g/mol. The minimum absolute atomic E-state index is 0.167. The van der Waals surface area contributed by atoms with Gasteiger partial charge < -0.3 is 10.5 Å². The van der Waals surface area contributed by atoms with E-state index in [-0.39, 0.29) is 5.56 Å². The molecule has 1 heterocycles. The van der Waals surface area contributed by atoms with Crippen LogP contribution in [0.25, 0.3) is 11.3 Å². The van der Waals surface area contributed by atoms with Crippen molar-refractivity contribution in [3.05, 3.63) is 46.2 Å². The van der Waals surface area contributed by atoms with E-state index in [1.807, 2.05) is 38.1 Å². The van der Waals surface area contributed by atoms with E-state index in [2.05, 4.69) is 12.0 Å². The number of ether oxygens (including phenoxy) is 1. The first-order chi connectivity index (χ1) is 10.3. The third kappa shape index (κ3) is 3.54. The fraction of sp³-hybridized carbons (Fsp3) is 0.412. The van der Waals surface area contributed by atoms with Crippen LogP contribution < -0.4 is 16.0 Å². The fourth-order valence-corrected chi connectivity index (χ4v) is 2.15. The molecule has 118 valence electrons. The Bertz CT molecular complexity index is 697. The quantitative estimate of drug-likeness (QED) is 0.921. The van der Waals surface area contributed by atoms with Gasteiger partial charge in [0, 0.05) is 23.7 Å². The number of aryl methyl sites for hydroxylation is 1. The molecule has 0 atom stereocenters. The Kier molecular flexibility index (Phi) is 4.66. The molecule has 0 spiro atoms. The van der Waals surface area contributed by atoms with E-state index in [0.717, 1.165) is 23.4 Å². The maximum Gasteiger partial charge on any atom is 0.271 e. The van der Waals surface area contributed by atoms with Gasteiger partial charge in [-0.3, -0.25) is 4.79 Å². The van der Waals surface area contributed by atoms with Crippen LogP contribution in [0.3, 0.4) is 0 Å². The highest BCUT2D eigenvalue weighted by Crippen LogP contribution is 2.23. The second-order valence-electron chi connectivity index (χ2n) is 5.97. The van der Waals surface area contributed by atoms with Crippen LogP contribution in [-0.2, 0) is 12.6 Å². The molecule has 1 aromatic carbocycles. The lowest BCUT2D eigenvalue weighted by atomic mass is 9.96. The molecule has 0 aliphatic rings. The minimum Gasteiger partial charge on any atom is -0.494 e. The molecule has 5 nitrogen and oxygen atoms in total. The van der Waals surface area contributed by atoms with Crippen molar-refractivity contribution in [2.75, 3.05) is 6.61 Å². The average molecular weight is 301 g/mol. The third-order valence-corrected chi connectivity index (χ3v) is 3.38. The SMILES string of the molecule is CCCOc1ccc(-c2cc(C(C)(C)N)c(=O)n(C)n2)cc1. The Morgan fingerprint density at radius 2 is 1.91 bits per heavy atom. The third-order valence-electron chi connectivity index (χ3n) is 3.38. The second-order valence-corrected chi connectivity index (χ2v) is 5.97. The van der Waals surface area contributed by atoms with Gasteiger partial charge >= 0.3 is 0 Å². The predicted molar refractivity (Wildman–Crippen MR) is 87.9 cm³/mol. The molecule has 2 rings (SSSR count). The van der Waals surface area contributed by atoms with Crippen molar-refractivity contribution in [3.63, 3.8) is 0 Å². The van der Waals surface area contributed by atoms with Gasteiger partial charge in [0.1, 0.15) is 5.75 Å². The normalized spacial score (nSPS) is 11.5. The maximum absolute atomic E-state index is 12.2. The van der Waals surface area contributed by atoms with E-state index in [0.29, 0.717) is 12.2 Å². The van der Waals surface area contributed by atoms with E-state index in [1.165, 1.54) is 4.68 Å². The van der Waals surface area contributed by atoms with Crippen molar-refractivity contribution < 1.29 is 4.74 Å². The summed E-state index contributed by atoms with van der Waals surface area (Å²) in [5.41, 5.74) is 7.40. The van der Waals surface area contributed by atoms with Crippen molar-refractivity contribution >= 4 is 0 Å². The number of aromatic nitrogens is 2. The Hall–Kier alpha value is -2.14. The number of nitrogens with two attached hydrogens (primary N) is 1. The summed E-state index contributed by atoms with van der Waals surface area (Å²) in [4.78, 5) is 12.2. The lowest BCUT2D eigenvalue weighted by Gasteiger charge is -2.19. The second kappa shape index (κ2) is 6.32. The van der Waals surface area contributed by atoms with Gasteiger partial charge in [-0.25, -0.2) is 4.68 Å². The maximum atomic E-state index is 12.2. The van der Waals surface area contributed by atoms with Gasteiger partial charge in [-0.2, -0.15) is 5.10 Å². The number of hydrogen-bond acceptors (Lipinski definition) is 4. The van der Waals surface area contributed by atoms with Crippen LogP contribution in [0.5, 0.6) is 5.75 Å². The standard InChI is InChI=1S/C17H23N3O2/c1-5-10-22-13-8-6-12(7-9-13)15-11-14(17(2,3)18)16(21)20(4)19-15/h6-9,11H,5,10,18H2,1-4H3. The molecule has 0 aliphatic heterocycles. The van der Waals surface area contributed by atoms with Crippen LogP contribution in [0.1, 0.15) is 32.8 Å². The van der Waals surface area contributed by atoms with Crippen LogP contribution in [0.15, 0.2) is 35.1 Å². The van der Waals surface area contributed by atoms with Crippen molar-refractivity contribution in [3.8, 4) is 17.0 Å². The first-order valence-corrected chi connectivity index (χ1v) is 7.44. The smallest absolute Gasteiger partial charge is 0.271 e. The number of hydrogen-bond donors (Lipinski definition) is 1. The number of nitrogens with zero attached hydrogens (tertiary/aromatic N) is 2. The zero-order valence-electron chi connectivity index (χ0n) is 13.6. The van der Waals surface area contributed by atoms with Crippen molar-refractivity contribution in [1.82, 2.24) is 9.78 Å². The van der Waals surface area contributed by atoms with Crippen LogP contribution in [-0.4, -0.2) is 16.4 Å². The lowest BCUT2D eigenvalue weighted by molar-refractivity contribution is 0.317. The van der Waals surface area contributed by atoms with Crippen molar-refractivity contribution in [2.45, 2.75) is 32.7 Å². The zero-order valence-corrected chi connectivity index (χ0v) is 13.6. The molecule has 0 amide bonds. The van der Waals surface area contributed by atoms with Gasteiger partial charge in [-0.1, -0.05) is 6.92 Å². The van der Waals surface area contributed by atoms with Gasteiger partial charge in [0.25, 0.3) is 5.56 Å². The number of rotatable bonds is 5. The molecule has 0 radical (unpaired) electrons. The summed E-state index contributed by atoms with van der Waals surface area (Å²) in [5.74, 6) is 0.829. The highest BCUT2D eigenvalue weighted by Gasteiger charge is 2.20. The van der Waals surface area contributed by atoms with Gasteiger partial charge in [-0.15, -0.1) is 0 Å². The summed E-state index contributed by atoms with van der Waals surface area (Å²) >= 11 is 0. The molecule has 22 heavy (non-hydrogen) atoms. The highest BCUT2D eigenvalue weighted by molar-refractivity contribution is 5.60. The molecule has 0 unspecified atom stereocenters. The fourth-order valence-electron chi connectivity index (χ4n) is 2.15. The summed E-state index contributed by atoms with van der Waals surface area (Å²) in [7, 11) is 1.64.